The monoisotopic (exact) mass is 379 g/mol. The number of hydrogen-bond donors (Lipinski definition) is 1. The van der Waals surface area contributed by atoms with Gasteiger partial charge in [0.15, 0.2) is 9.84 Å². The van der Waals surface area contributed by atoms with Gasteiger partial charge in [-0.05, 0) is 35.7 Å². The van der Waals surface area contributed by atoms with Gasteiger partial charge in [-0.1, -0.05) is 55.8 Å². The van der Waals surface area contributed by atoms with Gasteiger partial charge < -0.3 is 5.32 Å². The molecular formula is C19H22ClNO3S. The minimum Gasteiger partial charge on any atom is -0.349 e. The number of nitrogens with one attached hydrogen (secondary N) is 1. The van der Waals surface area contributed by atoms with Crippen molar-refractivity contribution in [3.8, 4) is 0 Å². The normalized spacial score (nSPS) is 12.8. The maximum atomic E-state index is 12.3. The summed E-state index contributed by atoms with van der Waals surface area (Å²) in [7, 11) is -3.51. The lowest BCUT2D eigenvalue weighted by molar-refractivity contribution is -0.121. The third-order valence-corrected chi connectivity index (χ3v) is 5.90. The fraction of sp³-hybridized carbons (Fsp3) is 0.316. The second-order valence-electron chi connectivity index (χ2n) is 6.22. The summed E-state index contributed by atoms with van der Waals surface area (Å²) >= 11 is 5.78. The Labute approximate surface area is 154 Å². The second kappa shape index (κ2) is 8.50. The van der Waals surface area contributed by atoms with Crippen LogP contribution in [0.15, 0.2) is 59.5 Å². The molecule has 0 heterocycles. The van der Waals surface area contributed by atoms with Crippen LogP contribution in [-0.4, -0.2) is 20.1 Å². The van der Waals surface area contributed by atoms with E-state index < -0.39 is 9.84 Å². The molecule has 0 saturated heterocycles. The zero-order valence-corrected chi connectivity index (χ0v) is 15.8. The van der Waals surface area contributed by atoms with E-state index in [1.807, 2.05) is 44.2 Å². The summed E-state index contributed by atoms with van der Waals surface area (Å²) in [6, 6.07) is 15.5. The van der Waals surface area contributed by atoms with Crippen LogP contribution < -0.4 is 5.32 Å². The SMILES string of the molecule is CC(C)[C@@H](NC(=O)CCS(=O)(=O)c1ccc(Cl)cc1)c1ccccc1. The molecule has 0 aliphatic rings. The van der Waals surface area contributed by atoms with Gasteiger partial charge in [-0.15, -0.1) is 0 Å². The van der Waals surface area contributed by atoms with Gasteiger partial charge in [-0.25, -0.2) is 8.42 Å². The Kier molecular flexibility index (Phi) is 6.62. The first-order valence-electron chi connectivity index (χ1n) is 8.12. The third kappa shape index (κ3) is 5.58. The Balaban J connectivity index is 2.00. The minimum atomic E-state index is -3.51. The van der Waals surface area contributed by atoms with Crippen molar-refractivity contribution in [2.45, 2.75) is 31.2 Å². The highest BCUT2D eigenvalue weighted by molar-refractivity contribution is 7.91. The first-order valence-corrected chi connectivity index (χ1v) is 10.2. The predicted molar refractivity (Wildman–Crippen MR) is 100 cm³/mol. The molecule has 2 rings (SSSR count). The predicted octanol–water partition coefficient (Wildman–Crippen LogP) is 4.02. The molecule has 0 spiro atoms. The molecule has 0 aliphatic carbocycles. The number of carbonyl (C=O) groups is 1. The molecular weight excluding hydrogens is 358 g/mol. The largest absolute Gasteiger partial charge is 0.349 e. The van der Waals surface area contributed by atoms with Gasteiger partial charge in [0.1, 0.15) is 0 Å². The molecule has 1 N–H and O–H groups in total. The molecule has 1 atom stereocenters. The zero-order valence-electron chi connectivity index (χ0n) is 14.3. The van der Waals surface area contributed by atoms with Crippen molar-refractivity contribution in [1.29, 1.82) is 0 Å². The molecule has 2 aromatic carbocycles. The van der Waals surface area contributed by atoms with E-state index in [1.54, 1.807) is 0 Å². The standard InChI is InChI=1S/C19H22ClNO3S/c1-14(2)19(15-6-4-3-5-7-15)21-18(22)12-13-25(23,24)17-10-8-16(20)9-11-17/h3-11,14,19H,12-13H2,1-2H3,(H,21,22)/t19-/m1/s1. The fourth-order valence-electron chi connectivity index (χ4n) is 2.53. The summed E-state index contributed by atoms with van der Waals surface area (Å²) in [6.45, 7) is 4.03. The number of carbonyl (C=O) groups excluding carboxylic acids is 1. The number of rotatable bonds is 7. The van der Waals surface area contributed by atoms with Crippen LogP contribution in [0.5, 0.6) is 0 Å². The first-order chi connectivity index (χ1) is 11.8. The Morgan fingerprint density at radius 1 is 1.04 bits per heavy atom. The molecule has 0 bridgehead atoms. The summed E-state index contributed by atoms with van der Waals surface area (Å²) in [4.78, 5) is 12.4. The topological polar surface area (TPSA) is 63.2 Å². The molecule has 0 aliphatic heterocycles. The Morgan fingerprint density at radius 2 is 1.64 bits per heavy atom. The molecule has 0 unspecified atom stereocenters. The van der Waals surface area contributed by atoms with E-state index in [-0.39, 0.29) is 34.9 Å². The molecule has 134 valence electrons. The summed E-state index contributed by atoms with van der Waals surface area (Å²) in [5.74, 6) is -0.320. The molecule has 0 radical (unpaired) electrons. The van der Waals surface area contributed by atoms with Crippen molar-refractivity contribution in [3.63, 3.8) is 0 Å². The lowest BCUT2D eigenvalue weighted by Crippen LogP contribution is -2.32. The van der Waals surface area contributed by atoms with Crippen molar-refractivity contribution < 1.29 is 13.2 Å². The molecule has 25 heavy (non-hydrogen) atoms. The van der Waals surface area contributed by atoms with Gasteiger partial charge in [-0.2, -0.15) is 0 Å². The van der Waals surface area contributed by atoms with Crippen LogP contribution in [0.25, 0.3) is 0 Å². The Morgan fingerprint density at radius 3 is 2.20 bits per heavy atom. The zero-order chi connectivity index (χ0) is 18.4. The van der Waals surface area contributed by atoms with Gasteiger partial charge >= 0.3 is 0 Å². The Hall–Kier alpha value is -1.85. The average Bonchev–Trinajstić information content (AvgIpc) is 2.59. The molecule has 4 nitrogen and oxygen atoms in total. The third-order valence-electron chi connectivity index (χ3n) is 3.91. The van der Waals surface area contributed by atoms with E-state index in [1.165, 1.54) is 24.3 Å². The first kappa shape index (κ1) is 19.5. The van der Waals surface area contributed by atoms with Crippen molar-refractivity contribution >= 4 is 27.3 Å². The van der Waals surface area contributed by atoms with Crippen molar-refractivity contribution in [3.05, 3.63) is 65.2 Å². The maximum absolute atomic E-state index is 12.3. The quantitative estimate of drug-likeness (QED) is 0.790. The molecule has 0 aromatic heterocycles. The number of amides is 1. The summed E-state index contributed by atoms with van der Waals surface area (Å²) in [5, 5.41) is 3.41. The molecule has 1 amide bonds. The lowest BCUT2D eigenvalue weighted by atomic mass is 9.96. The number of halogens is 1. The van der Waals surface area contributed by atoms with Crippen LogP contribution in [-0.2, 0) is 14.6 Å². The Bertz CT molecular complexity index is 802. The van der Waals surface area contributed by atoms with Crippen LogP contribution in [0.4, 0.5) is 0 Å². The summed E-state index contributed by atoms with van der Waals surface area (Å²) in [5.41, 5.74) is 1.01. The molecule has 6 heteroatoms. The summed E-state index contributed by atoms with van der Waals surface area (Å²) in [6.07, 6.45) is -0.0823. The van der Waals surface area contributed by atoms with Crippen LogP contribution >= 0.6 is 11.6 Å². The van der Waals surface area contributed by atoms with Gasteiger partial charge in [0, 0.05) is 11.4 Å². The van der Waals surface area contributed by atoms with E-state index >= 15 is 0 Å². The number of benzene rings is 2. The van der Waals surface area contributed by atoms with Crippen LogP contribution in [0.1, 0.15) is 31.9 Å². The van der Waals surface area contributed by atoms with Gasteiger partial charge in [0.2, 0.25) is 5.91 Å². The van der Waals surface area contributed by atoms with E-state index in [4.69, 9.17) is 11.6 Å². The van der Waals surface area contributed by atoms with E-state index in [2.05, 4.69) is 5.32 Å². The highest BCUT2D eigenvalue weighted by Crippen LogP contribution is 2.22. The van der Waals surface area contributed by atoms with Crippen molar-refractivity contribution in [1.82, 2.24) is 5.32 Å². The number of hydrogen-bond acceptors (Lipinski definition) is 3. The summed E-state index contributed by atoms with van der Waals surface area (Å²) < 4.78 is 24.6. The average molecular weight is 380 g/mol. The highest BCUT2D eigenvalue weighted by Gasteiger charge is 2.21. The van der Waals surface area contributed by atoms with Crippen LogP contribution in [0, 0.1) is 5.92 Å². The van der Waals surface area contributed by atoms with Gasteiger partial charge in [0.25, 0.3) is 0 Å². The van der Waals surface area contributed by atoms with Crippen molar-refractivity contribution in [2.24, 2.45) is 5.92 Å². The number of sulfone groups is 1. The lowest BCUT2D eigenvalue weighted by Gasteiger charge is -2.23. The van der Waals surface area contributed by atoms with E-state index in [0.717, 1.165) is 5.56 Å². The van der Waals surface area contributed by atoms with Crippen LogP contribution in [0.2, 0.25) is 5.02 Å². The fourth-order valence-corrected chi connectivity index (χ4v) is 3.89. The van der Waals surface area contributed by atoms with E-state index in [0.29, 0.717) is 5.02 Å². The van der Waals surface area contributed by atoms with Gasteiger partial charge in [0.05, 0.1) is 16.7 Å². The maximum Gasteiger partial charge on any atom is 0.221 e. The highest BCUT2D eigenvalue weighted by atomic mass is 35.5. The second-order valence-corrected chi connectivity index (χ2v) is 8.77. The molecule has 2 aromatic rings. The molecule has 0 saturated carbocycles. The van der Waals surface area contributed by atoms with Crippen LogP contribution in [0.3, 0.4) is 0 Å². The van der Waals surface area contributed by atoms with Crippen molar-refractivity contribution in [2.75, 3.05) is 5.75 Å². The molecule has 0 fully saturated rings. The van der Waals surface area contributed by atoms with Gasteiger partial charge in [-0.3, -0.25) is 4.79 Å². The minimum absolute atomic E-state index is 0.0823. The smallest absolute Gasteiger partial charge is 0.221 e. The van der Waals surface area contributed by atoms with E-state index in [9.17, 15) is 13.2 Å².